The van der Waals surface area contributed by atoms with Crippen molar-refractivity contribution in [3.63, 3.8) is 0 Å². The Bertz CT molecular complexity index is 594. The lowest BCUT2D eigenvalue weighted by atomic mass is 9.67. The molecule has 1 aromatic carbocycles. The van der Waals surface area contributed by atoms with Gasteiger partial charge in [-0.25, -0.2) is 0 Å². The van der Waals surface area contributed by atoms with Gasteiger partial charge in [0.15, 0.2) is 5.78 Å². The van der Waals surface area contributed by atoms with Gasteiger partial charge in [0.25, 0.3) is 0 Å². The third-order valence-electron chi connectivity index (χ3n) is 5.01. The second-order valence-electron chi connectivity index (χ2n) is 7.41. The van der Waals surface area contributed by atoms with Crippen molar-refractivity contribution in [3.05, 3.63) is 35.9 Å². The number of rotatable bonds is 11. The summed E-state index contributed by atoms with van der Waals surface area (Å²) in [6, 6.07) is 8.91. The minimum Gasteiger partial charge on any atom is -0.427 e. The molecule has 1 aliphatic rings. The summed E-state index contributed by atoms with van der Waals surface area (Å²) in [5, 5.41) is 22.1. The summed E-state index contributed by atoms with van der Waals surface area (Å²) >= 11 is 0. The molecule has 142 valence electrons. The molecule has 3 unspecified atom stereocenters. The number of carbonyl (C=O) groups is 2. The van der Waals surface area contributed by atoms with Crippen LogP contribution in [-0.4, -0.2) is 41.1 Å². The number of benzene rings is 1. The van der Waals surface area contributed by atoms with E-state index in [4.69, 9.17) is 0 Å². The Hall–Kier alpha value is -1.23. The van der Waals surface area contributed by atoms with Gasteiger partial charge in [-0.1, -0.05) is 50.1 Å². The Kier molecular flexibility index (Phi) is 8.27. The van der Waals surface area contributed by atoms with Gasteiger partial charge in [-0.05, 0) is 30.5 Å². The Balaban J connectivity index is 2.06. The summed E-state index contributed by atoms with van der Waals surface area (Å²) in [5.74, 6) is -0.468. The van der Waals surface area contributed by atoms with Crippen LogP contribution in [0.5, 0.6) is 0 Å². The van der Waals surface area contributed by atoms with E-state index in [1.165, 1.54) is 0 Å². The number of hydrogen-bond acceptors (Lipinski definition) is 4. The molecule has 7 heteroatoms. The van der Waals surface area contributed by atoms with E-state index < -0.39 is 19.0 Å². The fourth-order valence-electron chi connectivity index (χ4n) is 3.01. The van der Waals surface area contributed by atoms with Gasteiger partial charge in [-0.15, -0.1) is 9.24 Å². The number of ketones is 1. The zero-order chi connectivity index (χ0) is 19.1. The van der Waals surface area contributed by atoms with Crippen molar-refractivity contribution in [1.29, 1.82) is 0 Å². The maximum absolute atomic E-state index is 12.9. The van der Waals surface area contributed by atoms with Crippen molar-refractivity contribution < 1.29 is 19.6 Å². The van der Waals surface area contributed by atoms with Crippen LogP contribution in [-0.2, 0) is 16.0 Å². The van der Waals surface area contributed by atoms with Crippen LogP contribution in [0.3, 0.4) is 0 Å². The monoisotopic (exact) mass is 377 g/mol. The first-order chi connectivity index (χ1) is 12.4. The fraction of sp³-hybridized carbons (Fsp3) is 0.579. The van der Waals surface area contributed by atoms with Crippen molar-refractivity contribution >= 4 is 28.0 Å². The zero-order valence-electron chi connectivity index (χ0n) is 15.3. The van der Waals surface area contributed by atoms with Crippen LogP contribution in [0.2, 0.25) is 5.82 Å². The second-order valence-corrected chi connectivity index (χ2v) is 7.88. The van der Waals surface area contributed by atoms with Gasteiger partial charge in [-0.3, -0.25) is 9.59 Å². The molecule has 0 spiro atoms. The topological polar surface area (TPSA) is 86.6 Å². The van der Waals surface area contributed by atoms with E-state index in [0.29, 0.717) is 24.9 Å². The molecule has 0 aliphatic heterocycles. The average Bonchev–Trinajstić information content (AvgIpc) is 3.44. The first kappa shape index (κ1) is 21.1. The zero-order valence-corrected chi connectivity index (χ0v) is 16.5. The van der Waals surface area contributed by atoms with Crippen LogP contribution < -0.4 is 5.32 Å². The van der Waals surface area contributed by atoms with Crippen molar-refractivity contribution in [1.82, 2.24) is 5.32 Å². The first-order valence-corrected chi connectivity index (χ1v) is 10.2. The molecule has 1 fully saturated rings. The van der Waals surface area contributed by atoms with E-state index >= 15 is 0 Å². The Labute approximate surface area is 158 Å². The molecule has 0 radical (unpaired) electrons. The van der Waals surface area contributed by atoms with Gasteiger partial charge in [0.1, 0.15) is 0 Å². The molecule has 26 heavy (non-hydrogen) atoms. The van der Waals surface area contributed by atoms with Crippen LogP contribution in [0, 0.1) is 11.8 Å². The lowest BCUT2D eigenvalue weighted by Crippen LogP contribution is -2.45. The summed E-state index contributed by atoms with van der Waals surface area (Å²) in [6.07, 6.45) is 3.93. The molecule has 1 aliphatic carbocycles. The van der Waals surface area contributed by atoms with Gasteiger partial charge >= 0.3 is 7.12 Å². The fourth-order valence-corrected chi connectivity index (χ4v) is 3.22. The summed E-state index contributed by atoms with van der Waals surface area (Å²) in [4.78, 5) is 25.2. The molecule has 1 aromatic rings. The highest BCUT2D eigenvalue weighted by Crippen LogP contribution is 2.39. The first-order valence-electron chi connectivity index (χ1n) is 9.34. The maximum Gasteiger partial charge on any atom is 0.455 e. The highest BCUT2D eigenvalue weighted by atomic mass is 31.0. The van der Waals surface area contributed by atoms with E-state index in [2.05, 4.69) is 14.6 Å². The van der Waals surface area contributed by atoms with Crippen LogP contribution in [0.15, 0.2) is 30.3 Å². The SMILES string of the molecule is CC(CP)C(=O)NC(Cc1ccccc1)C(=O)C[C@@H](CC1CC1)B(O)O. The molecule has 0 saturated heterocycles. The van der Waals surface area contributed by atoms with Gasteiger partial charge < -0.3 is 15.4 Å². The van der Waals surface area contributed by atoms with Crippen LogP contribution >= 0.6 is 9.24 Å². The molecule has 5 nitrogen and oxygen atoms in total. The Morgan fingerprint density at radius 1 is 1.27 bits per heavy atom. The summed E-state index contributed by atoms with van der Waals surface area (Å²) in [5.41, 5.74) is 0.966. The quantitative estimate of drug-likeness (QED) is 0.406. The number of nitrogens with one attached hydrogen (secondary N) is 1. The van der Waals surface area contributed by atoms with E-state index in [9.17, 15) is 19.6 Å². The molecule has 0 bridgehead atoms. The lowest BCUT2D eigenvalue weighted by molar-refractivity contribution is -0.129. The summed E-state index contributed by atoms with van der Waals surface area (Å²) in [6.45, 7) is 1.82. The predicted octanol–water partition coefficient (Wildman–Crippen LogP) is 1.83. The Morgan fingerprint density at radius 2 is 1.92 bits per heavy atom. The second kappa shape index (κ2) is 10.2. The predicted molar refractivity (Wildman–Crippen MR) is 107 cm³/mol. The molecule has 1 saturated carbocycles. The van der Waals surface area contributed by atoms with Crippen molar-refractivity contribution in [3.8, 4) is 0 Å². The van der Waals surface area contributed by atoms with E-state index in [-0.39, 0.29) is 24.0 Å². The summed E-state index contributed by atoms with van der Waals surface area (Å²) in [7, 11) is 1.04. The van der Waals surface area contributed by atoms with Crippen LogP contribution in [0.1, 0.15) is 38.2 Å². The maximum atomic E-state index is 12.9. The van der Waals surface area contributed by atoms with Crippen LogP contribution in [0.4, 0.5) is 0 Å². The highest BCUT2D eigenvalue weighted by molar-refractivity contribution is 7.16. The van der Waals surface area contributed by atoms with E-state index in [1.807, 2.05) is 37.3 Å². The number of Topliss-reactive ketones (excluding diaryl/α,β-unsaturated/α-hetero) is 1. The third kappa shape index (κ3) is 6.83. The lowest BCUT2D eigenvalue weighted by Gasteiger charge is -2.22. The smallest absolute Gasteiger partial charge is 0.427 e. The molecular formula is C19H29BNO4P. The van der Waals surface area contributed by atoms with Gasteiger partial charge in [0.05, 0.1) is 6.04 Å². The van der Waals surface area contributed by atoms with Crippen LogP contribution in [0.25, 0.3) is 0 Å². The van der Waals surface area contributed by atoms with E-state index in [0.717, 1.165) is 18.4 Å². The molecule has 3 N–H and O–H groups in total. The molecule has 4 atom stereocenters. The third-order valence-corrected chi connectivity index (χ3v) is 5.71. The van der Waals surface area contributed by atoms with E-state index in [1.54, 1.807) is 0 Å². The standard InChI is InChI=1S/C19H29BNO4P/c1-13(12-26)19(23)21-17(10-14-5-3-2-4-6-14)18(22)11-16(20(24)25)9-15-7-8-15/h2-6,13,15-17,24-25H,7-12,26H2,1H3,(H,21,23)/t13?,16-,17?/m1/s1. The number of carbonyl (C=O) groups excluding carboxylic acids is 2. The Morgan fingerprint density at radius 3 is 2.46 bits per heavy atom. The molecule has 0 heterocycles. The minimum absolute atomic E-state index is 0.0706. The van der Waals surface area contributed by atoms with Gasteiger partial charge in [-0.2, -0.15) is 0 Å². The molecule has 1 amide bonds. The van der Waals surface area contributed by atoms with Gasteiger partial charge in [0, 0.05) is 18.2 Å². The van der Waals surface area contributed by atoms with Gasteiger partial charge in [0.2, 0.25) is 5.91 Å². The molecular weight excluding hydrogens is 348 g/mol. The van der Waals surface area contributed by atoms with Crippen molar-refractivity contribution in [2.45, 2.75) is 50.9 Å². The van der Waals surface area contributed by atoms with Crippen molar-refractivity contribution in [2.24, 2.45) is 11.8 Å². The number of amides is 1. The highest BCUT2D eigenvalue weighted by Gasteiger charge is 2.35. The summed E-state index contributed by atoms with van der Waals surface area (Å²) < 4.78 is 0. The molecule has 2 rings (SSSR count). The largest absolute Gasteiger partial charge is 0.455 e. The van der Waals surface area contributed by atoms with Crippen molar-refractivity contribution in [2.75, 3.05) is 6.16 Å². The minimum atomic E-state index is -1.50. The average molecular weight is 377 g/mol. The molecule has 0 aromatic heterocycles. The normalized spacial score (nSPS) is 17.2. The number of hydrogen-bond donors (Lipinski definition) is 3.